The molecule has 2 rings (SSSR count). The Morgan fingerprint density at radius 2 is 1.76 bits per heavy atom. The van der Waals surface area contributed by atoms with E-state index in [1.807, 2.05) is 18.2 Å². The Labute approximate surface area is 103 Å². The van der Waals surface area contributed by atoms with E-state index in [9.17, 15) is 8.78 Å². The van der Waals surface area contributed by atoms with E-state index in [-0.39, 0.29) is 0 Å². The molecule has 0 saturated carbocycles. The van der Waals surface area contributed by atoms with Gasteiger partial charge in [-0.2, -0.15) is 0 Å². The standard InChI is InChI=1S/C13H11F2NS/c14-10-5-3-4-9(13(10)15)8-17-12-7-2-1-6-11(12)16/h1-7H,8,16H2. The van der Waals surface area contributed by atoms with Crippen LogP contribution in [0.15, 0.2) is 47.4 Å². The Morgan fingerprint density at radius 1 is 1.00 bits per heavy atom. The zero-order chi connectivity index (χ0) is 12.3. The zero-order valence-electron chi connectivity index (χ0n) is 8.99. The highest BCUT2D eigenvalue weighted by atomic mass is 32.2. The molecule has 2 aromatic carbocycles. The number of para-hydroxylation sites is 1. The van der Waals surface area contributed by atoms with Crippen LogP contribution in [0, 0.1) is 11.6 Å². The first-order valence-electron chi connectivity index (χ1n) is 5.08. The molecule has 0 spiro atoms. The lowest BCUT2D eigenvalue weighted by atomic mass is 10.2. The van der Waals surface area contributed by atoms with Crippen molar-refractivity contribution in [1.82, 2.24) is 0 Å². The summed E-state index contributed by atoms with van der Waals surface area (Å²) in [7, 11) is 0. The van der Waals surface area contributed by atoms with Crippen LogP contribution in [0.1, 0.15) is 5.56 Å². The summed E-state index contributed by atoms with van der Waals surface area (Å²) >= 11 is 1.39. The van der Waals surface area contributed by atoms with Crippen molar-refractivity contribution in [1.29, 1.82) is 0 Å². The van der Waals surface area contributed by atoms with E-state index in [2.05, 4.69) is 0 Å². The largest absolute Gasteiger partial charge is 0.398 e. The number of thioether (sulfide) groups is 1. The molecule has 0 heterocycles. The van der Waals surface area contributed by atoms with Crippen LogP contribution >= 0.6 is 11.8 Å². The molecule has 0 saturated heterocycles. The van der Waals surface area contributed by atoms with Gasteiger partial charge in [0, 0.05) is 21.9 Å². The first-order valence-corrected chi connectivity index (χ1v) is 6.07. The van der Waals surface area contributed by atoms with E-state index in [4.69, 9.17) is 5.73 Å². The van der Waals surface area contributed by atoms with Gasteiger partial charge >= 0.3 is 0 Å². The van der Waals surface area contributed by atoms with E-state index in [1.54, 1.807) is 12.1 Å². The summed E-state index contributed by atoms with van der Waals surface area (Å²) in [6.07, 6.45) is 0. The van der Waals surface area contributed by atoms with Crippen LogP contribution in [-0.2, 0) is 5.75 Å². The molecule has 1 nitrogen and oxygen atoms in total. The van der Waals surface area contributed by atoms with Crippen molar-refractivity contribution in [2.45, 2.75) is 10.6 Å². The van der Waals surface area contributed by atoms with Gasteiger partial charge in [-0.15, -0.1) is 11.8 Å². The van der Waals surface area contributed by atoms with Gasteiger partial charge < -0.3 is 5.73 Å². The fourth-order valence-electron chi connectivity index (χ4n) is 1.43. The van der Waals surface area contributed by atoms with Gasteiger partial charge in [0.15, 0.2) is 11.6 Å². The third kappa shape index (κ3) is 2.77. The molecule has 0 unspecified atom stereocenters. The normalized spacial score (nSPS) is 10.5. The molecule has 4 heteroatoms. The van der Waals surface area contributed by atoms with Gasteiger partial charge in [-0.25, -0.2) is 8.78 Å². The van der Waals surface area contributed by atoms with E-state index >= 15 is 0 Å². The van der Waals surface area contributed by atoms with Crippen LogP contribution in [0.3, 0.4) is 0 Å². The molecule has 2 N–H and O–H groups in total. The second kappa shape index (κ2) is 5.19. The first-order chi connectivity index (χ1) is 8.18. The molecule has 0 amide bonds. The van der Waals surface area contributed by atoms with Gasteiger partial charge in [0.25, 0.3) is 0 Å². The van der Waals surface area contributed by atoms with Crippen LogP contribution in [0.4, 0.5) is 14.5 Å². The second-order valence-electron chi connectivity index (χ2n) is 3.54. The molecule has 88 valence electrons. The second-order valence-corrected chi connectivity index (χ2v) is 4.56. The van der Waals surface area contributed by atoms with Gasteiger partial charge in [0.2, 0.25) is 0 Å². The number of nitrogens with two attached hydrogens (primary N) is 1. The summed E-state index contributed by atoms with van der Waals surface area (Å²) in [6, 6.07) is 11.5. The quantitative estimate of drug-likeness (QED) is 0.662. The van der Waals surface area contributed by atoms with Crippen molar-refractivity contribution in [2.75, 3.05) is 5.73 Å². The number of anilines is 1. The molecule has 2 aromatic rings. The summed E-state index contributed by atoms with van der Waals surface area (Å²) in [4.78, 5) is 0.871. The number of hydrogen-bond acceptors (Lipinski definition) is 2. The SMILES string of the molecule is Nc1ccccc1SCc1cccc(F)c1F. The van der Waals surface area contributed by atoms with Crippen molar-refractivity contribution >= 4 is 17.4 Å². The highest BCUT2D eigenvalue weighted by molar-refractivity contribution is 7.98. The van der Waals surface area contributed by atoms with Gasteiger partial charge in [-0.3, -0.25) is 0 Å². The molecule has 0 radical (unpaired) electrons. The summed E-state index contributed by atoms with van der Waals surface area (Å²) in [6.45, 7) is 0. The Bertz CT molecular complexity index is 529. The molecule has 17 heavy (non-hydrogen) atoms. The third-order valence-corrected chi connectivity index (χ3v) is 3.47. The highest BCUT2D eigenvalue weighted by Gasteiger charge is 2.08. The topological polar surface area (TPSA) is 26.0 Å². The van der Waals surface area contributed by atoms with Crippen LogP contribution in [0.25, 0.3) is 0 Å². The maximum atomic E-state index is 13.4. The maximum Gasteiger partial charge on any atom is 0.162 e. The Balaban J connectivity index is 2.13. The fourth-order valence-corrected chi connectivity index (χ4v) is 2.37. The monoisotopic (exact) mass is 251 g/mol. The summed E-state index contributed by atoms with van der Waals surface area (Å²) in [5.74, 6) is -1.24. The molecule has 0 aliphatic carbocycles. The Morgan fingerprint density at radius 3 is 2.53 bits per heavy atom. The molecular weight excluding hydrogens is 240 g/mol. The predicted molar refractivity (Wildman–Crippen MR) is 66.8 cm³/mol. The molecule has 0 aliphatic rings. The van der Waals surface area contributed by atoms with E-state index in [0.29, 0.717) is 17.0 Å². The van der Waals surface area contributed by atoms with Gasteiger partial charge in [-0.05, 0) is 18.2 Å². The van der Waals surface area contributed by atoms with Crippen molar-refractivity contribution in [3.05, 3.63) is 59.7 Å². The van der Waals surface area contributed by atoms with Crippen molar-refractivity contribution in [3.63, 3.8) is 0 Å². The van der Waals surface area contributed by atoms with Gasteiger partial charge in [0.1, 0.15) is 0 Å². The molecule has 0 fully saturated rings. The van der Waals surface area contributed by atoms with Crippen molar-refractivity contribution in [2.24, 2.45) is 0 Å². The van der Waals surface area contributed by atoms with Crippen LogP contribution in [-0.4, -0.2) is 0 Å². The number of hydrogen-bond donors (Lipinski definition) is 1. The lowest BCUT2D eigenvalue weighted by molar-refractivity contribution is 0.502. The summed E-state index contributed by atoms with van der Waals surface area (Å²) in [5.41, 5.74) is 6.76. The van der Waals surface area contributed by atoms with Gasteiger partial charge in [0.05, 0.1) is 0 Å². The van der Waals surface area contributed by atoms with E-state index in [0.717, 1.165) is 11.0 Å². The number of benzene rings is 2. The minimum absolute atomic E-state index is 0.346. The number of nitrogen functional groups attached to an aromatic ring is 1. The van der Waals surface area contributed by atoms with Gasteiger partial charge in [-0.1, -0.05) is 24.3 Å². The van der Waals surface area contributed by atoms with Crippen LogP contribution in [0.2, 0.25) is 0 Å². The smallest absolute Gasteiger partial charge is 0.162 e. The molecule has 0 aromatic heterocycles. The fraction of sp³-hybridized carbons (Fsp3) is 0.0769. The van der Waals surface area contributed by atoms with E-state index < -0.39 is 11.6 Å². The average Bonchev–Trinajstić information content (AvgIpc) is 2.33. The lowest BCUT2D eigenvalue weighted by Crippen LogP contribution is -1.93. The molecule has 0 bridgehead atoms. The minimum Gasteiger partial charge on any atom is -0.398 e. The molecular formula is C13H11F2NS. The maximum absolute atomic E-state index is 13.4. The Kier molecular flexibility index (Phi) is 3.64. The van der Waals surface area contributed by atoms with Crippen LogP contribution in [0.5, 0.6) is 0 Å². The predicted octanol–water partition coefficient (Wildman–Crippen LogP) is 3.84. The Hall–Kier alpha value is -1.55. The van der Waals surface area contributed by atoms with Crippen molar-refractivity contribution < 1.29 is 8.78 Å². The summed E-state index contributed by atoms with van der Waals surface area (Å²) in [5, 5.41) is 0. The minimum atomic E-state index is -0.816. The number of rotatable bonds is 3. The summed E-state index contributed by atoms with van der Waals surface area (Å²) < 4.78 is 26.4. The van der Waals surface area contributed by atoms with E-state index in [1.165, 1.54) is 17.8 Å². The van der Waals surface area contributed by atoms with Crippen molar-refractivity contribution in [3.8, 4) is 0 Å². The van der Waals surface area contributed by atoms with Crippen LogP contribution < -0.4 is 5.73 Å². The molecule has 0 aliphatic heterocycles. The zero-order valence-corrected chi connectivity index (χ0v) is 9.81. The lowest BCUT2D eigenvalue weighted by Gasteiger charge is -2.06. The first kappa shape index (κ1) is 11.9. The molecule has 0 atom stereocenters. The number of halogens is 2. The average molecular weight is 251 g/mol. The highest BCUT2D eigenvalue weighted by Crippen LogP contribution is 2.28. The third-order valence-electron chi connectivity index (χ3n) is 2.33.